The quantitative estimate of drug-likeness (QED) is 0.607. The van der Waals surface area contributed by atoms with Crippen LogP contribution < -0.4 is 0 Å². The molecule has 0 aromatic carbocycles. The van der Waals surface area contributed by atoms with Crippen LogP contribution in [0.25, 0.3) is 0 Å². The number of hydrogen-bond donors (Lipinski definition) is 0. The maximum atomic E-state index is 2.32. The average Bonchev–Trinajstić information content (AvgIpc) is 1.27. The largest absolute Gasteiger partial charge is 0.147 e. The Morgan fingerprint density at radius 2 is 1.00 bits per heavy atom. The molecule has 0 aromatic rings. The van der Waals surface area contributed by atoms with Crippen molar-refractivity contribution in [3.63, 3.8) is 0 Å². The summed E-state index contributed by atoms with van der Waals surface area (Å²) in [6, 6.07) is 0. The summed E-state index contributed by atoms with van der Waals surface area (Å²) < 4.78 is 2.00. The minimum Gasteiger partial charge on any atom is -0.147 e. The first kappa shape index (κ1) is 16.7. The van der Waals surface area contributed by atoms with Crippen LogP contribution >= 0.6 is 24.8 Å². The van der Waals surface area contributed by atoms with Gasteiger partial charge >= 0.3 is 55.3 Å². The molecule has 0 N–H and O–H groups in total. The van der Waals surface area contributed by atoms with E-state index in [2.05, 4.69) is 27.7 Å². The summed E-state index contributed by atoms with van der Waals surface area (Å²) in [6.07, 6.45) is 0. The number of halogens is 2. The van der Waals surface area contributed by atoms with Crippen LogP contribution in [0.15, 0.2) is 0 Å². The number of rotatable bonds is 2. The van der Waals surface area contributed by atoms with E-state index in [0.29, 0.717) is 19.2 Å². The van der Waals surface area contributed by atoms with Crippen molar-refractivity contribution < 1.29 is 19.2 Å². The Labute approximate surface area is 79.9 Å². The Bertz CT molecular complexity index is 40.3. The summed E-state index contributed by atoms with van der Waals surface area (Å²) >= 11 is 0.389. The van der Waals surface area contributed by atoms with Crippen molar-refractivity contribution in [1.29, 1.82) is 0 Å². The Hall–Kier alpha value is 1.29. The van der Waals surface area contributed by atoms with Gasteiger partial charge in [0.2, 0.25) is 0 Å². The van der Waals surface area contributed by atoms with Gasteiger partial charge < -0.3 is 0 Å². The molecule has 0 fully saturated rings. The van der Waals surface area contributed by atoms with Crippen LogP contribution in [0.4, 0.5) is 0 Å². The van der Waals surface area contributed by atoms with E-state index < -0.39 is 0 Å². The maximum Gasteiger partial charge on any atom is -0.147 e. The predicted molar refractivity (Wildman–Crippen MR) is 44.7 cm³/mol. The van der Waals surface area contributed by atoms with Crippen molar-refractivity contribution in [3.8, 4) is 0 Å². The van der Waals surface area contributed by atoms with E-state index in [4.69, 9.17) is 0 Å². The second kappa shape index (κ2) is 9.29. The summed E-state index contributed by atoms with van der Waals surface area (Å²) in [5.41, 5.74) is 0. The topological polar surface area (TPSA) is 0 Å². The van der Waals surface area contributed by atoms with E-state index in [1.165, 1.54) is 0 Å². The van der Waals surface area contributed by atoms with Crippen LogP contribution in [0.2, 0.25) is 8.45 Å². The first-order valence-corrected chi connectivity index (χ1v) is 4.69. The van der Waals surface area contributed by atoms with Crippen LogP contribution in [0.5, 0.6) is 0 Å². The van der Waals surface area contributed by atoms with Crippen molar-refractivity contribution in [2.45, 2.75) is 36.1 Å². The molecule has 0 saturated heterocycles. The van der Waals surface area contributed by atoms with E-state index in [9.17, 15) is 0 Å². The van der Waals surface area contributed by atoms with E-state index in [1.807, 2.05) is 0 Å². The van der Waals surface area contributed by atoms with Crippen molar-refractivity contribution in [2.75, 3.05) is 0 Å². The van der Waals surface area contributed by atoms with E-state index in [-0.39, 0.29) is 24.8 Å². The number of hydrogen-bond acceptors (Lipinski definition) is 0. The molecule has 0 amide bonds. The molecular weight excluding hydrogens is 191 g/mol. The molecule has 0 aliphatic heterocycles. The third-order valence-electron chi connectivity index (χ3n) is 0.667. The first-order chi connectivity index (χ1) is 3.13. The zero-order chi connectivity index (χ0) is 5.86. The molecule has 0 aliphatic carbocycles. The van der Waals surface area contributed by atoms with Gasteiger partial charge in [0.15, 0.2) is 0 Å². The maximum absolute atomic E-state index is 2.32. The van der Waals surface area contributed by atoms with E-state index in [0.717, 1.165) is 8.45 Å². The molecule has 0 saturated carbocycles. The molecule has 58 valence electrons. The van der Waals surface area contributed by atoms with Crippen molar-refractivity contribution in [3.05, 3.63) is 0 Å². The summed E-state index contributed by atoms with van der Waals surface area (Å²) in [5, 5.41) is 0. The second-order valence-corrected chi connectivity index (χ2v) is 6.60. The first-order valence-electron chi connectivity index (χ1n) is 2.89. The van der Waals surface area contributed by atoms with Gasteiger partial charge in [-0.2, -0.15) is 0 Å². The molecule has 3 heteroatoms. The fourth-order valence-corrected chi connectivity index (χ4v) is 2.75. The van der Waals surface area contributed by atoms with Crippen molar-refractivity contribution in [1.82, 2.24) is 0 Å². The Kier molecular flexibility index (Phi) is 17.3. The molecule has 0 aromatic heterocycles. The Morgan fingerprint density at radius 3 is 1.00 bits per heavy atom. The Morgan fingerprint density at radius 1 is 0.778 bits per heavy atom. The third kappa shape index (κ3) is 17.6. The van der Waals surface area contributed by atoms with Gasteiger partial charge in [0, 0.05) is 0 Å². The van der Waals surface area contributed by atoms with Gasteiger partial charge in [-0.15, -0.1) is 24.8 Å². The summed E-state index contributed by atoms with van der Waals surface area (Å²) in [5.74, 6) is 0. The molecule has 0 spiro atoms. The van der Waals surface area contributed by atoms with Gasteiger partial charge in [-0.3, -0.25) is 0 Å². The van der Waals surface area contributed by atoms with Crippen LogP contribution in [0.1, 0.15) is 27.7 Å². The minimum atomic E-state index is 0. The molecule has 0 rings (SSSR count). The SMILES string of the molecule is C[CH](C)[Ti][CH](C)C.Cl.Cl. The minimum absolute atomic E-state index is 0. The molecule has 0 nitrogen and oxygen atoms in total. The van der Waals surface area contributed by atoms with Crippen LogP contribution in [0.3, 0.4) is 0 Å². The molecule has 0 atom stereocenters. The van der Waals surface area contributed by atoms with Crippen LogP contribution in [-0.4, -0.2) is 0 Å². The standard InChI is InChI=1S/2C3H7.2ClH.Ti/c2*1-3-2;;;/h2*3H,1-2H3;2*1H;. The predicted octanol–water partition coefficient (Wildman–Crippen LogP) is 3.57. The van der Waals surface area contributed by atoms with Crippen LogP contribution in [-0.2, 0) is 19.2 Å². The summed E-state index contributed by atoms with van der Waals surface area (Å²) in [6.45, 7) is 9.28. The smallest absolute Gasteiger partial charge is 0.147 e. The molecule has 0 unspecified atom stereocenters. The summed E-state index contributed by atoms with van der Waals surface area (Å²) in [7, 11) is 0. The van der Waals surface area contributed by atoms with Gasteiger partial charge in [0.05, 0.1) is 0 Å². The monoisotopic (exact) mass is 206 g/mol. The summed E-state index contributed by atoms with van der Waals surface area (Å²) in [4.78, 5) is 0. The van der Waals surface area contributed by atoms with Gasteiger partial charge in [-0.05, 0) is 0 Å². The molecular formula is C6H16Cl2Ti. The van der Waals surface area contributed by atoms with Gasteiger partial charge in [-0.1, -0.05) is 0 Å². The molecule has 9 heavy (non-hydrogen) atoms. The van der Waals surface area contributed by atoms with Gasteiger partial charge in [0.1, 0.15) is 0 Å². The Balaban J connectivity index is -0.000000180. The van der Waals surface area contributed by atoms with Gasteiger partial charge in [-0.25, -0.2) is 0 Å². The van der Waals surface area contributed by atoms with Crippen molar-refractivity contribution >= 4 is 24.8 Å². The zero-order valence-electron chi connectivity index (χ0n) is 6.47. The van der Waals surface area contributed by atoms with Crippen LogP contribution in [0, 0.1) is 0 Å². The fourth-order valence-electron chi connectivity index (χ4n) is 0.667. The normalized spacial score (nSPS) is 8.22. The zero-order valence-corrected chi connectivity index (χ0v) is 9.67. The van der Waals surface area contributed by atoms with E-state index >= 15 is 0 Å². The fraction of sp³-hybridized carbons (Fsp3) is 1.00. The molecule has 0 aliphatic rings. The third-order valence-corrected chi connectivity index (χ3v) is 2.75. The van der Waals surface area contributed by atoms with Crippen molar-refractivity contribution in [2.24, 2.45) is 0 Å². The second-order valence-electron chi connectivity index (χ2n) is 2.48. The molecule has 0 radical (unpaired) electrons. The van der Waals surface area contributed by atoms with E-state index in [1.54, 1.807) is 0 Å². The molecule has 0 heterocycles. The average molecular weight is 207 g/mol. The molecule has 0 bridgehead atoms. The van der Waals surface area contributed by atoms with Gasteiger partial charge in [0.25, 0.3) is 0 Å².